The summed E-state index contributed by atoms with van der Waals surface area (Å²) in [6.45, 7) is 8.03. The van der Waals surface area contributed by atoms with Crippen LogP contribution >= 0.6 is 0 Å². The van der Waals surface area contributed by atoms with Crippen molar-refractivity contribution in [2.45, 2.75) is 71.8 Å². The summed E-state index contributed by atoms with van der Waals surface area (Å²) in [7, 11) is 0. The highest BCUT2D eigenvalue weighted by Gasteiger charge is 2.18. The van der Waals surface area contributed by atoms with Gasteiger partial charge in [0.15, 0.2) is 0 Å². The van der Waals surface area contributed by atoms with Crippen LogP contribution in [0.5, 0.6) is 0 Å². The van der Waals surface area contributed by atoms with Gasteiger partial charge in [0.2, 0.25) is 5.91 Å². The van der Waals surface area contributed by atoms with Crippen LogP contribution in [0.2, 0.25) is 0 Å². The van der Waals surface area contributed by atoms with Crippen LogP contribution < -0.4 is 10.6 Å². The molecule has 1 aliphatic carbocycles. The van der Waals surface area contributed by atoms with Crippen molar-refractivity contribution >= 4 is 5.91 Å². The smallest absolute Gasteiger partial charge is 0.234 e. The Morgan fingerprint density at radius 1 is 1.37 bits per heavy atom. The highest BCUT2D eigenvalue weighted by molar-refractivity contribution is 5.78. The third kappa shape index (κ3) is 7.56. The number of hydrogen-bond donors (Lipinski definition) is 2. The molecule has 0 bridgehead atoms. The van der Waals surface area contributed by atoms with Crippen LogP contribution in [-0.2, 0) is 4.79 Å². The van der Waals surface area contributed by atoms with E-state index in [0.29, 0.717) is 12.6 Å². The van der Waals surface area contributed by atoms with E-state index in [9.17, 15) is 4.79 Å². The molecule has 1 saturated carbocycles. The molecule has 0 saturated heterocycles. The van der Waals surface area contributed by atoms with E-state index in [0.717, 1.165) is 31.2 Å². The average Bonchev–Trinajstić information content (AvgIpc) is 2.35. The lowest BCUT2D eigenvalue weighted by Crippen LogP contribution is -2.39. The van der Waals surface area contributed by atoms with Crippen LogP contribution in [-0.4, -0.2) is 25.0 Å². The molecule has 19 heavy (non-hydrogen) atoms. The second-order valence-electron chi connectivity index (χ2n) is 6.36. The summed E-state index contributed by atoms with van der Waals surface area (Å²) < 4.78 is 0. The summed E-state index contributed by atoms with van der Waals surface area (Å²) >= 11 is 0. The number of hydrogen-bond acceptors (Lipinski definition) is 2. The van der Waals surface area contributed by atoms with Crippen molar-refractivity contribution in [3.05, 3.63) is 0 Å². The number of carbonyl (C=O) groups is 1. The van der Waals surface area contributed by atoms with Crippen molar-refractivity contribution in [1.29, 1.82) is 0 Å². The van der Waals surface area contributed by atoms with Crippen molar-refractivity contribution in [2.24, 2.45) is 11.8 Å². The summed E-state index contributed by atoms with van der Waals surface area (Å²) in [4.78, 5) is 11.7. The van der Waals surface area contributed by atoms with Crippen LogP contribution in [0.1, 0.15) is 65.7 Å². The Morgan fingerprint density at radius 3 is 2.84 bits per heavy atom. The maximum Gasteiger partial charge on any atom is 0.234 e. The monoisotopic (exact) mass is 268 g/mol. The molecule has 112 valence electrons. The summed E-state index contributed by atoms with van der Waals surface area (Å²) in [5.74, 6) is 1.91. The van der Waals surface area contributed by atoms with Gasteiger partial charge in [-0.2, -0.15) is 0 Å². The minimum Gasteiger partial charge on any atom is -0.353 e. The van der Waals surface area contributed by atoms with Gasteiger partial charge in [-0.1, -0.05) is 39.5 Å². The third-order valence-corrected chi connectivity index (χ3v) is 4.19. The lowest BCUT2D eigenvalue weighted by Gasteiger charge is -2.26. The van der Waals surface area contributed by atoms with Crippen LogP contribution in [0, 0.1) is 11.8 Å². The van der Waals surface area contributed by atoms with Gasteiger partial charge in [-0.15, -0.1) is 0 Å². The number of amides is 1. The van der Waals surface area contributed by atoms with Gasteiger partial charge in [0.25, 0.3) is 0 Å². The minimum atomic E-state index is 0.137. The number of nitrogens with one attached hydrogen (secondary N) is 2. The lowest BCUT2D eigenvalue weighted by atomic mass is 9.81. The van der Waals surface area contributed by atoms with Gasteiger partial charge in [0.05, 0.1) is 6.54 Å². The molecule has 1 amide bonds. The van der Waals surface area contributed by atoms with Gasteiger partial charge < -0.3 is 10.6 Å². The fourth-order valence-corrected chi connectivity index (χ4v) is 3.16. The largest absolute Gasteiger partial charge is 0.353 e. The maximum absolute atomic E-state index is 11.7. The molecule has 3 atom stereocenters. The molecule has 0 radical (unpaired) electrons. The first-order chi connectivity index (χ1) is 9.11. The molecule has 0 heterocycles. The Hall–Kier alpha value is -0.570. The molecule has 3 nitrogen and oxygen atoms in total. The van der Waals surface area contributed by atoms with E-state index in [2.05, 4.69) is 31.4 Å². The van der Waals surface area contributed by atoms with E-state index in [1.165, 1.54) is 32.1 Å². The Labute approximate surface area is 118 Å². The molecule has 0 aliphatic heterocycles. The van der Waals surface area contributed by atoms with Gasteiger partial charge in [0, 0.05) is 6.04 Å². The van der Waals surface area contributed by atoms with Crippen molar-refractivity contribution in [1.82, 2.24) is 10.6 Å². The fourth-order valence-electron chi connectivity index (χ4n) is 3.16. The molecule has 2 N–H and O–H groups in total. The van der Waals surface area contributed by atoms with E-state index in [1.54, 1.807) is 0 Å². The van der Waals surface area contributed by atoms with Crippen LogP contribution in [0.15, 0.2) is 0 Å². The topological polar surface area (TPSA) is 41.1 Å². The Kier molecular flexibility index (Phi) is 8.11. The first kappa shape index (κ1) is 16.5. The van der Waals surface area contributed by atoms with Gasteiger partial charge in [-0.25, -0.2) is 0 Å². The summed E-state index contributed by atoms with van der Waals surface area (Å²) in [6.07, 6.45) is 8.96. The lowest BCUT2D eigenvalue weighted by molar-refractivity contribution is -0.120. The molecule has 1 rings (SSSR count). The Balaban J connectivity index is 2.02. The normalized spacial score (nSPS) is 25.0. The van der Waals surface area contributed by atoms with Gasteiger partial charge >= 0.3 is 0 Å². The van der Waals surface area contributed by atoms with Gasteiger partial charge in [-0.05, 0) is 44.6 Å². The summed E-state index contributed by atoms with van der Waals surface area (Å²) in [6, 6.07) is 0.304. The standard InChI is InChI=1S/C16H32N2O/c1-4-6-14(3)18-16(19)12-17-10-9-15-8-5-7-13(2)11-15/h13-15,17H,4-12H2,1-3H3,(H,18,19). The number of carbonyl (C=O) groups excluding carboxylic acids is 1. The average molecular weight is 268 g/mol. The predicted octanol–water partition coefficient (Wildman–Crippen LogP) is 3.10. The van der Waals surface area contributed by atoms with Gasteiger partial charge in [0.1, 0.15) is 0 Å². The van der Waals surface area contributed by atoms with E-state index < -0.39 is 0 Å². The fraction of sp³-hybridized carbons (Fsp3) is 0.938. The highest BCUT2D eigenvalue weighted by Crippen LogP contribution is 2.30. The molecule has 0 aromatic rings. The summed E-state index contributed by atoms with van der Waals surface area (Å²) in [5.41, 5.74) is 0. The van der Waals surface area contributed by atoms with Crippen molar-refractivity contribution in [3.63, 3.8) is 0 Å². The van der Waals surface area contributed by atoms with Crippen LogP contribution in [0.3, 0.4) is 0 Å². The van der Waals surface area contributed by atoms with Gasteiger partial charge in [-0.3, -0.25) is 4.79 Å². The minimum absolute atomic E-state index is 0.137. The van der Waals surface area contributed by atoms with Crippen LogP contribution in [0.4, 0.5) is 0 Å². The molecule has 3 heteroatoms. The first-order valence-electron chi connectivity index (χ1n) is 8.11. The maximum atomic E-state index is 11.7. The molecule has 1 aliphatic rings. The molecule has 1 fully saturated rings. The molecular weight excluding hydrogens is 236 g/mol. The van der Waals surface area contributed by atoms with Crippen molar-refractivity contribution in [3.8, 4) is 0 Å². The zero-order valence-electron chi connectivity index (χ0n) is 13.0. The molecule has 0 aromatic carbocycles. The van der Waals surface area contributed by atoms with E-state index in [4.69, 9.17) is 0 Å². The first-order valence-corrected chi connectivity index (χ1v) is 8.11. The third-order valence-electron chi connectivity index (χ3n) is 4.19. The molecular formula is C16H32N2O. The van der Waals surface area contributed by atoms with Crippen molar-refractivity contribution < 1.29 is 4.79 Å². The summed E-state index contributed by atoms with van der Waals surface area (Å²) in [5, 5.41) is 6.31. The molecule has 0 spiro atoms. The highest BCUT2D eigenvalue weighted by atomic mass is 16.1. The quantitative estimate of drug-likeness (QED) is 0.664. The Bertz CT molecular complexity index is 255. The zero-order chi connectivity index (χ0) is 14.1. The molecule has 3 unspecified atom stereocenters. The van der Waals surface area contributed by atoms with E-state index in [-0.39, 0.29) is 5.91 Å². The Morgan fingerprint density at radius 2 is 2.16 bits per heavy atom. The molecule has 0 aromatic heterocycles. The zero-order valence-corrected chi connectivity index (χ0v) is 13.0. The second kappa shape index (κ2) is 9.35. The second-order valence-corrected chi connectivity index (χ2v) is 6.36. The van der Waals surface area contributed by atoms with E-state index in [1.807, 2.05) is 0 Å². The van der Waals surface area contributed by atoms with E-state index >= 15 is 0 Å². The number of rotatable bonds is 8. The van der Waals surface area contributed by atoms with Crippen LogP contribution in [0.25, 0.3) is 0 Å². The SMILES string of the molecule is CCCC(C)NC(=O)CNCCC1CCCC(C)C1. The predicted molar refractivity (Wildman–Crippen MR) is 81.1 cm³/mol. The van der Waals surface area contributed by atoms with Crippen molar-refractivity contribution in [2.75, 3.05) is 13.1 Å².